The van der Waals surface area contributed by atoms with Gasteiger partial charge >= 0.3 is 0 Å². The highest BCUT2D eigenvalue weighted by atomic mass is 32.1. The molecule has 1 atom stereocenters. The first-order valence-electron chi connectivity index (χ1n) is 5.62. The van der Waals surface area contributed by atoms with Gasteiger partial charge < -0.3 is 11.1 Å². The zero-order chi connectivity index (χ0) is 12.3. The average Bonchev–Trinajstić information content (AvgIpc) is 2.77. The Kier molecular flexibility index (Phi) is 3.58. The van der Waals surface area contributed by atoms with Gasteiger partial charge in [0.05, 0.1) is 6.04 Å². The summed E-state index contributed by atoms with van der Waals surface area (Å²) in [6.07, 6.45) is 2.96. The number of nitrogen functional groups attached to an aromatic ring is 1. The molecule has 17 heavy (non-hydrogen) atoms. The van der Waals surface area contributed by atoms with Crippen LogP contribution in [0.25, 0.3) is 0 Å². The highest BCUT2D eigenvalue weighted by Gasteiger charge is 2.10. The van der Waals surface area contributed by atoms with Gasteiger partial charge in [-0.3, -0.25) is 0 Å². The lowest BCUT2D eigenvalue weighted by Gasteiger charge is -2.11. The molecule has 4 nitrogen and oxygen atoms in total. The number of anilines is 2. The summed E-state index contributed by atoms with van der Waals surface area (Å²) in [6.45, 7) is 4.21. The van der Waals surface area contributed by atoms with Gasteiger partial charge in [-0.25, -0.2) is 9.97 Å². The molecule has 0 saturated carbocycles. The SMILES string of the molecule is CCc1cnc(C(C)Nc2cccc(N)n2)s1. The highest BCUT2D eigenvalue weighted by Crippen LogP contribution is 2.23. The summed E-state index contributed by atoms with van der Waals surface area (Å²) in [4.78, 5) is 9.91. The van der Waals surface area contributed by atoms with E-state index in [-0.39, 0.29) is 6.04 Å². The third-order valence-electron chi connectivity index (χ3n) is 2.43. The largest absolute Gasteiger partial charge is 0.384 e. The van der Waals surface area contributed by atoms with E-state index >= 15 is 0 Å². The van der Waals surface area contributed by atoms with Crippen molar-refractivity contribution >= 4 is 23.0 Å². The van der Waals surface area contributed by atoms with Gasteiger partial charge in [-0.05, 0) is 25.5 Å². The van der Waals surface area contributed by atoms with E-state index in [2.05, 4.69) is 29.1 Å². The maximum Gasteiger partial charge on any atom is 0.128 e. The van der Waals surface area contributed by atoms with Gasteiger partial charge in [0, 0.05) is 11.1 Å². The number of rotatable bonds is 4. The number of thiazole rings is 1. The molecule has 90 valence electrons. The Morgan fingerprint density at radius 1 is 1.47 bits per heavy atom. The minimum Gasteiger partial charge on any atom is -0.384 e. The van der Waals surface area contributed by atoms with Crippen LogP contribution in [0.4, 0.5) is 11.6 Å². The molecule has 2 aromatic heterocycles. The number of aryl methyl sites for hydroxylation is 1. The second kappa shape index (κ2) is 5.14. The van der Waals surface area contributed by atoms with E-state index in [4.69, 9.17) is 5.73 Å². The lowest BCUT2D eigenvalue weighted by atomic mass is 10.3. The van der Waals surface area contributed by atoms with Crippen molar-refractivity contribution in [3.63, 3.8) is 0 Å². The minimum atomic E-state index is 0.148. The topological polar surface area (TPSA) is 63.8 Å². The Labute approximate surface area is 105 Å². The van der Waals surface area contributed by atoms with Crippen LogP contribution in [-0.4, -0.2) is 9.97 Å². The number of aromatic nitrogens is 2. The van der Waals surface area contributed by atoms with Crippen LogP contribution in [0.1, 0.15) is 29.8 Å². The van der Waals surface area contributed by atoms with E-state index in [0.717, 1.165) is 17.2 Å². The van der Waals surface area contributed by atoms with Crippen molar-refractivity contribution in [1.82, 2.24) is 9.97 Å². The Bertz CT molecular complexity index is 495. The molecular formula is C12H16N4S. The lowest BCUT2D eigenvalue weighted by molar-refractivity contribution is 0.861. The van der Waals surface area contributed by atoms with Gasteiger partial charge in [0.2, 0.25) is 0 Å². The summed E-state index contributed by atoms with van der Waals surface area (Å²) in [5.41, 5.74) is 5.63. The van der Waals surface area contributed by atoms with Gasteiger partial charge in [0.15, 0.2) is 0 Å². The average molecular weight is 248 g/mol. The van der Waals surface area contributed by atoms with Crippen molar-refractivity contribution in [1.29, 1.82) is 0 Å². The summed E-state index contributed by atoms with van der Waals surface area (Å²) in [5, 5.41) is 4.37. The van der Waals surface area contributed by atoms with E-state index in [1.165, 1.54) is 4.88 Å². The fraction of sp³-hybridized carbons (Fsp3) is 0.333. The quantitative estimate of drug-likeness (QED) is 0.873. The second-order valence-electron chi connectivity index (χ2n) is 3.83. The summed E-state index contributed by atoms with van der Waals surface area (Å²) >= 11 is 1.73. The van der Waals surface area contributed by atoms with Crippen molar-refractivity contribution in [3.8, 4) is 0 Å². The van der Waals surface area contributed by atoms with E-state index < -0.39 is 0 Å². The highest BCUT2D eigenvalue weighted by molar-refractivity contribution is 7.11. The molecule has 0 saturated heterocycles. The molecule has 0 bridgehead atoms. The number of pyridine rings is 1. The molecule has 1 unspecified atom stereocenters. The molecule has 0 aliphatic carbocycles. The first-order chi connectivity index (χ1) is 8.19. The molecule has 3 N–H and O–H groups in total. The summed E-state index contributed by atoms with van der Waals surface area (Å²) < 4.78 is 0. The van der Waals surface area contributed by atoms with Crippen LogP contribution in [0.15, 0.2) is 24.4 Å². The Balaban J connectivity index is 2.08. The van der Waals surface area contributed by atoms with Gasteiger partial charge in [-0.1, -0.05) is 13.0 Å². The number of hydrogen-bond acceptors (Lipinski definition) is 5. The first kappa shape index (κ1) is 11.9. The lowest BCUT2D eigenvalue weighted by Crippen LogP contribution is -2.08. The van der Waals surface area contributed by atoms with Gasteiger partial charge in [-0.15, -0.1) is 11.3 Å². The van der Waals surface area contributed by atoms with Crippen molar-refractivity contribution in [2.45, 2.75) is 26.3 Å². The van der Waals surface area contributed by atoms with Crippen LogP contribution >= 0.6 is 11.3 Å². The van der Waals surface area contributed by atoms with E-state index in [1.54, 1.807) is 17.4 Å². The van der Waals surface area contributed by atoms with Crippen LogP contribution in [-0.2, 0) is 6.42 Å². The molecule has 5 heteroatoms. The molecule has 0 spiro atoms. The smallest absolute Gasteiger partial charge is 0.128 e. The first-order valence-corrected chi connectivity index (χ1v) is 6.44. The van der Waals surface area contributed by atoms with E-state index in [9.17, 15) is 0 Å². The van der Waals surface area contributed by atoms with Crippen LogP contribution in [0, 0.1) is 0 Å². The standard InChI is InChI=1S/C12H16N4S/c1-3-9-7-14-12(17-9)8(2)15-11-6-4-5-10(13)16-11/h4-8H,3H2,1-2H3,(H3,13,15,16). The molecule has 0 aliphatic rings. The van der Waals surface area contributed by atoms with Crippen molar-refractivity contribution in [3.05, 3.63) is 34.3 Å². The van der Waals surface area contributed by atoms with Crippen LogP contribution in [0.5, 0.6) is 0 Å². The fourth-order valence-electron chi connectivity index (χ4n) is 1.50. The number of nitrogens with zero attached hydrogens (tertiary/aromatic N) is 2. The van der Waals surface area contributed by atoms with Crippen molar-refractivity contribution in [2.24, 2.45) is 0 Å². The van der Waals surface area contributed by atoms with Crippen molar-refractivity contribution < 1.29 is 0 Å². The zero-order valence-corrected chi connectivity index (χ0v) is 10.8. The molecule has 0 radical (unpaired) electrons. The molecular weight excluding hydrogens is 232 g/mol. The van der Waals surface area contributed by atoms with Gasteiger partial charge in [0.1, 0.15) is 16.6 Å². The number of hydrogen-bond donors (Lipinski definition) is 2. The molecule has 2 heterocycles. The monoisotopic (exact) mass is 248 g/mol. The zero-order valence-electron chi connectivity index (χ0n) is 9.97. The van der Waals surface area contributed by atoms with Crippen molar-refractivity contribution in [2.75, 3.05) is 11.1 Å². The number of nitrogens with one attached hydrogen (secondary N) is 1. The normalized spacial score (nSPS) is 12.4. The molecule has 0 aromatic carbocycles. The third kappa shape index (κ3) is 2.94. The molecule has 0 aliphatic heterocycles. The second-order valence-corrected chi connectivity index (χ2v) is 4.98. The molecule has 0 fully saturated rings. The molecule has 0 amide bonds. The Morgan fingerprint density at radius 2 is 2.29 bits per heavy atom. The van der Waals surface area contributed by atoms with E-state index in [0.29, 0.717) is 5.82 Å². The minimum absolute atomic E-state index is 0.148. The summed E-state index contributed by atoms with van der Waals surface area (Å²) in [5.74, 6) is 1.31. The van der Waals surface area contributed by atoms with Crippen LogP contribution in [0.3, 0.4) is 0 Å². The summed E-state index contributed by atoms with van der Waals surface area (Å²) in [7, 11) is 0. The third-order valence-corrected chi connectivity index (χ3v) is 3.75. The maximum absolute atomic E-state index is 5.63. The Hall–Kier alpha value is -1.62. The number of nitrogens with two attached hydrogens (primary N) is 1. The predicted octanol–water partition coefficient (Wildman–Crippen LogP) is 2.86. The predicted molar refractivity (Wildman–Crippen MR) is 72.2 cm³/mol. The van der Waals surface area contributed by atoms with Gasteiger partial charge in [-0.2, -0.15) is 0 Å². The fourth-order valence-corrected chi connectivity index (χ4v) is 2.36. The van der Waals surface area contributed by atoms with Crippen LogP contribution in [0.2, 0.25) is 0 Å². The molecule has 2 rings (SSSR count). The Morgan fingerprint density at radius 3 is 2.94 bits per heavy atom. The molecule has 2 aromatic rings. The summed E-state index contributed by atoms with van der Waals surface area (Å²) in [6, 6.07) is 5.71. The van der Waals surface area contributed by atoms with Gasteiger partial charge in [0.25, 0.3) is 0 Å². The maximum atomic E-state index is 5.63. The van der Waals surface area contributed by atoms with E-state index in [1.807, 2.05) is 18.3 Å². The van der Waals surface area contributed by atoms with Crippen LogP contribution < -0.4 is 11.1 Å².